The topological polar surface area (TPSA) is 66.4 Å². The molecule has 4 nitrogen and oxygen atoms in total. The van der Waals surface area contributed by atoms with Gasteiger partial charge in [0.05, 0.1) is 6.42 Å². The van der Waals surface area contributed by atoms with Crippen LogP contribution in [0.15, 0.2) is 16.6 Å². The smallest absolute Gasteiger partial charge is 0.305 e. The first-order valence-corrected chi connectivity index (χ1v) is 6.81. The molecule has 1 aromatic carbocycles. The average molecular weight is 350 g/mol. The van der Waals surface area contributed by atoms with Crippen molar-refractivity contribution in [1.82, 2.24) is 5.32 Å². The summed E-state index contributed by atoms with van der Waals surface area (Å²) in [7, 11) is 0. The van der Waals surface area contributed by atoms with Crippen LogP contribution in [0.2, 0.25) is 0 Å². The zero-order valence-electron chi connectivity index (χ0n) is 10.8. The van der Waals surface area contributed by atoms with Gasteiger partial charge < -0.3 is 10.4 Å². The molecule has 1 rings (SSSR count). The van der Waals surface area contributed by atoms with Crippen molar-refractivity contribution in [3.05, 3.63) is 33.8 Å². The molecular weight excluding hydrogens is 336 g/mol. The van der Waals surface area contributed by atoms with E-state index < -0.39 is 35.1 Å². The molecule has 0 spiro atoms. The van der Waals surface area contributed by atoms with Crippen LogP contribution in [0.1, 0.15) is 36.5 Å². The van der Waals surface area contributed by atoms with Gasteiger partial charge in [-0.05, 0) is 18.6 Å². The van der Waals surface area contributed by atoms with Gasteiger partial charge in [0.25, 0.3) is 5.91 Å². The van der Waals surface area contributed by atoms with E-state index in [1.807, 2.05) is 6.92 Å². The summed E-state index contributed by atoms with van der Waals surface area (Å²) < 4.78 is 27.4. The molecule has 110 valence electrons. The van der Waals surface area contributed by atoms with E-state index in [0.29, 0.717) is 12.8 Å². The molecule has 0 aliphatic heterocycles. The Hall–Kier alpha value is -1.50. The fourth-order valence-corrected chi connectivity index (χ4v) is 2.20. The Kier molecular flexibility index (Phi) is 6.06. The zero-order valence-corrected chi connectivity index (χ0v) is 12.3. The van der Waals surface area contributed by atoms with Gasteiger partial charge in [0.15, 0.2) is 0 Å². The molecule has 0 radical (unpaired) electrons. The third-order valence-corrected chi connectivity index (χ3v) is 3.09. The monoisotopic (exact) mass is 349 g/mol. The van der Waals surface area contributed by atoms with Gasteiger partial charge in [-0.15, -0.1) is 0 Å². The predicted octanol–water partition coefficient (Wildman–Crippen LogP) is 3.10. The van der Waals surface area contributed by atoms with Crippen molar-refractivity contribution in [2.24, 2.45) is 0 Å². The maximum Gasteiger partial charge on any atom is 0.305 e. The largest absolute Gasteiger partial charge is 0.481 e. The van der Waals surface area contributed by atoms with E-state index in [0.717, 1.165) is 12.1 Å². The van der Waals surface area contributed by atoms with Crippen molar-refractivity contribution in [1.29, 1.82) is 0 Å². The molecule has 1 aromatic rings. The van der Waals surface area contributed by atoms with Crippen molar-refractivity contribution in [2.75, 3.05) is 0 Å². The third-order valence-electron chi connectivity index (χ3n) is 2.63. The Morgan fingerprint density at radius 3 is 2.35 bits per heavy atom. The number of carboxylic acids is 1. The molecular formula is C13H14BrF2NO3. The average Bonchev–Trinajstić information content (AvgIpc) is 2.26. The van der Waals surface area contributed by atoms with Crippen LogP contribution in [-0.4, -0.2) is 23.0 Å². The number of benzene rings is 1. The first kappa shape index (κ1) is 16.6. The van der Waals surface area contributed by atoms with Gasteiger partial charge in [-0.1, -0.05) is 29.3 Å². The lowest BCUT2D eigenvalue weighted by atomic mass is 10.1. The normalized spacial score (nSPS) is 12.0. The lowest BCUT2D eigenvalue weighted by Crippen LogP contribution is -2.37. The summed E-state index contributed by atoms with van der Waals surface area (Å²) in [4.78, 5) is 22.5. The molecule has 0 bridgehead atoms. The molecule has 0 aliphatic carbocycles. The highest BCUT2D eigenvalue weighted by Crippen LogP contribution is 2.19. The minimum Gasteiger partial charge on any atom is -0.481 e. The number of carboxylic acid groups (broad SMARTS) is 1. The summed E-state index contributed by atoms with van der Waals surface area (Å²) >= 11 is 2.92. The maximum atomic E-state index is 13.6. The number of halogens is 3. The van der Waals surface area contributed by atoms with Gasteiger partial charge in [-0.25, -0.2) is 8.78 Å². The van der Waals surface area contributed by atoms with Crippen molar-refractivity contribution in [3.8, 4) is 0 Å². The summed E-state index contributed by atoms with van der Waals surface area (Å²) in [6.07, 6.45) is 0.765. The summed E-state index contributed by atoms with van der Waals surface area (Å²) in [5.41, 5.74) is -0.709. The lowest BCUT2D eigenvalue weighted by molar-refractivity contribution is -0.137. The van der Waals surface area contributed by atoms with Crippen LogP contribution in [0, 0.1) is 11.6 Å². The van der Waals surface area contributed by atoms with Gasteiger partial charge in [0, 0.05) is 10.5 Å². The van der Waals surface area contributed by atoms with Crippen LogP contribution in [0.3, 0.4) is 0 Å². The summed E-state index contributed by atoms with van der Waals surface area (Å²) in [5.74, 6) is -4.03. The predicted molar refractivity (Wildman–Crippen MR) is 72.5 cm³/mol. The van der Waals surface area contributed by atoms with Crippen LogP contribution in [0.5, 0.6) is 0 Å². The molecule has 1 unspecified atom stereocenters. The number of carbonyl (C=O) groups is 2. The third kappa shape index (κ3) is 4.56. The SMILES string of the molecule is CCCC(CC(=O)O)NC(=O)c1c(F)cc(Br)cc1F. The number of amides is 1. The molecule has 0 saturated carbocycles. The van der Waals surface area contributed by atoms with Crippen molar-refractivity contribution >= 4 is 27.8 Å². The first-order valence-electron chi connectivity index (χ1n) is 6.02. The van der Waals surface area contributed by atoms with Crippen LogP contribution >= 0.6 is 15.9 Å². The van der Waals surface area contributed by atoms with E-state index in [4.69, 9.17) is 5.11 Å². The number of hydrogen-bond donors (Lipinski definition) is 2. The molecule has 7 heteroatoms. The molecule has 0 aliphatic rings. The highest BCUT2D eigenvalue weighted by Gasteiger charge is 2.22. The van der Waals surface area contributed by atoms with E-state index in [9.17, 15) is 18.4 Å². The Morgan fingerprint density at radius 2 is 1.90 bits per heavy atom. The second-order valence-electron chi connectivity index (χ2n) is 4.30. The molecule has 0 aromatic heterocycles. The van der Waals surface area contributed by atoms with E-state index in [-0.39, 0.29) is 10.9 Å². The first-order chi connectivity index (χ1) is 9.35. The van der Waals surface area contributed by atoms with Crippen molar-refractivity contribution in [3.63, 3.8) is 0 Å². The molecule has 2 N–H and O–H groups in total. The van der Waals surface area contributed by atoms with Crippen LogP contribution < -0.4 is 5.32 Å². The minimum atomic E-state index is -1.08. The number of aliphatic carboxylic acids is 1. The summed E-state index contributed by atoms with van der Waals surface area (Å²) in [6, 6.07) is 1.29. The number of carbonyl (C=O) groups excluding carboxylic acids is 1. The number of hydrogen-bond acceptors (Lipinski definition) is 2. The second-order valence-corrected chi connectivity index (χ2v) is 5.22. The van der Waals surface area contributed by atoms with Crippen molar-refractivity contribution in [2.45, 2.75) is 32.2 Å². The quantitative estimate of drug-likeness (QED) is 0.829. The van der Waals surface area contributed by atoms with E-state index >= 15 is 0 Å². The maximum absolute atomic E-state index is 13.6. The van der Waals surface area contributed by atoms with Gasteiger partial charge in [0.2, 0.25) is 0 Å². The standard InChI is InChI=1S/C13H14BrF2NO3/c1-2-3-8(6-11(18)19)17-13(20)12-9(15)4-7(14)5-10(12)16/h4-5,8H,2-3,6H2,1H3,(H,17,20)(H,18,19). The van der Waals surface area contributed by atoms with Gasteiger partial charge in [0.1, 0.15) is 17.2 Å². The van der Waals surface area contributed by atoms with Crippen molar-refractivity contribution < 1.29 is 23.5 Å². The Bertz CT molecular complexity index is 499. The minimum absolute atomic E-state index is 0.180. The molecule has 20 heavy (non-hydrogen) atoms. The van der Waals surface area contributed by atoms with Gasteiger partial charge in [-0.2, -0.15) is 0 Å². The summed E-state index contributed by atoms with van der Waals surface area (Å²) in [5, 5.41) is 11.1. The highest BCUT2D eigenvalue weighted by molar-refractivity contribution is 9.10. The highest BCUT2D eigenvalue weighted by atomic mass is 79.9. The Balaban J connectivity index is 2.91. The molecule has 1 amide bonds. The summed E-state index contributed by atoms with van der Waals surface area (Å²) in [6.45, 7) is 1.82. The Labute approximate surface area is 123 Å². The number of rotatable bonds is 6. The van der Waals surface area contributed by atoms with Gasteiger partial charge in [-0.3, -0.25) is 9.59 Å². The second kappa shape index (κ2) is 7.33. The van der Waals surface area contributed by atoms with Crippen LogP contribution in [0.25, 0.3) is 0 Å². The fourth-order valence-electron chi connectivity index (χ4n) is 1.80. The van der Waals surface area contributed by atoms with E-state index in [2.05, 4.69) is 21.2 Å². The number of nitrogens with one attached hydrogen (secondary N) is 1. The molecule has 1 atom stereocenters. The molecule has 0 heterocycles. The Morgan fingerprint density at radius 1 is 1.35 bits per heavy atom. The lowest BCUT2D eigenvalue weighted by Gasteiger charge is -2.16. The van der Waals surface area contributed by atoms with Crippen LogP contribution in [-0.2, 0) is 4.79 Å². The fraction of sp³-hybridized carbons (Fsp3) is 0.385. The molecule has 0 fully saturated rings. The van der Waals surface area contributed by atoms with Crippen LogP contribution in [0.4, 0.5) is 8.78 Å². The van der Waals surface area contributed by atoms with E-state index in [1.54, 1.807) is 0 Å². The molecule has 0 saturated heterocycles. The zero-order chi connectivity index (χ0) is 15.3. The van der Waals surface area contributed by atoms with E-state index in [1.165, 1.54) is 0 Å². The van der Waals surface area contributed by atoms with Gasteiger partial charge >= 0.3 is 5.97 Å².